The highest BCUT2D eigenvalue weighted by Gasteiger charge is 2.23. The lowest BCUT2D eigenvalue weighted by Crippen LogP contribution is -2.17. The smallest absolute Gasteiger partial charge is 0.341 e. The highest BCUT2D eigenvalue weighted by molar-refractivity contribution is 5.88. The molecule has 0 aromatic heterocycles. The van der Waals surface area contributed by atoms with Gasteiger partial charge in [0.15, 0.2) is 0 Å². The molecule has 0 aliphatic heterocycles. The Kier molecular flexibility index (Phi) is 2.77. The minimum Gasteiger partial charge on any atom is -0.477 e. The molecule has 3 nitrogen and oxygen atoms in total. The molecule has 1 aromatic carbocycles. The van der Waals surface area contributed by atoms with Gasteiger partial charge in [-0.3, -0.25) is 0 Å². The third-order valence-corrected chi connectivity index (χ3v) is 1.96. The summed E-state index contributed by atoms with van der Waals surface area (Å²) in [7, 11) is 0. The molecule has 0 atom stereocenters. The van der Waals surface area contributed by atoms with Gasteiger partial charge in [0.1, 0.15) is 17.2 Å². The maximum Gasteiger partial charge on any atom is 0.341 e. The maximum absolute atomic E-state index is 13.2. The molecule has 0 saturated carbocycles. The van der Waals surface area contributed by atoms with Crippen LogP contribution < -0.4 is 0 Å². The van der Waals surface area contributed by atoms with Crippen molar-refractivity contribution in [3.8, 4) is 0 Å². The number of aromatic carboxylic acids is 1. The molecule has 1 aromatic rings. The molecular formula is C10H10F2O3. The highest BCUT2D eigenvalue weighted by atomic mass is 19.1. The molecule has 2 N–H and O–H groups in total. The molecular weight excluding hydrogens is 206 g/mol. The van der Waals surface area contributed by atoms with Gasteiger partial charge in [0.05, 0.1) is 5.60 Å². The number of carboxylic acids is 1. The normalized spacial score (nSPS) is 11.5. The number of hydrogen-bond acceptors (Lipinski definition) is 2. The lowest BCUT2D eigenvalue weighted by molar-refractivity contribution is 0.0677. The summed E-state index contributed by atoms with van der Waals surface area (Å²) >= 11 is 0. The van der Waals surface area contributed by atoms with Gasteiger partial charge < -0.3 is 10.2 Å². The molecule has 82 valence electrons. The first-order valence-electron chi connectivity index (χ1n) is 4.18. The molecule has 1 rings (SSSR count). The average Bonchev–Trinajstić information content (AvgIpc) is 1.99. The zero-order valence-electron chi connectivity index (χ0n) is 8.21. The lowest BCUT2D eigenvalue weighted by Gasteiger charge is -2.18. The minimum atomic E-state index is -1.67. The molecule has 0 bridgehead atoms. The van der Waals surface area contributed by atoms with Crippen LogP contribution in [-0.4, -0.2) is 16.2 Å². The van der Waals surface area contributed by atoms with Crippen LogP contribution >= 0.6 is 0 Å². The molecule has 0 unspecified atom stereocenters. The van der Waals surface area contributed by atoms with Gasteiger partial charge in [-0.15, -0.1) is 0 Å². The molecule has 0 amide bonds. The average molecular weight is 216 g/mol. The second-order valence-electron chi connectivity index (χ2n) is 3.68. The van der Waals surface area contributed by atoms with E-state index in [9.17, 15) is 18.7 Å². The van der Waals surface area contributed by atoms with Crippen molar-refractivity contribution in [1.29, 1.82) is 0 Å². The summed E-state index contributed by atoms with van der Waals surface area (Å²) < 4.78 is 26.3. The van der Waals surface area contributed by atoms with Crippen LogP contribution in [-0.2, 0) is 5.60 Å². The fourth-order valence-electron chi connectivity index (χ4n) is 1.13. The Balaban J connectivity index is 3.39. The van der Waals surface area contributed by atoms with E-state index in [4.69, 9.17) is 5.11 Å². The van der Waals surface area contributed by atoms with Crippen molar-refractivity contribution in [3.05, 3.63) is 34.9 Å². The van der Waals surface area contributed by atoms with Gasteiger partial charge in [0, 0.05) is 0 Å². The molecule has 0 spiro atoms. The second-order valence-corrected chi connectivity index (χ2v) is 3.68. The Morgan fingerprint density at radius 3 is 1.93 bits per heavy atom. The van der Waals surface area contributed by atoms with Crippen LogP contribution in [0.5, 0.6) is 0 Å². The molecule has 0 saturated heterocycles. The first-order valence-corrected chi connectivity index (χ1v) is 4.18. The Hall–Kier alpha value is -1.49. The van der Waals surface area contributed by atoms with Gasteiger partial charge >= 0.3 is 5.97 Å². The third-order valence-electron chi connectivity index (χ3n) is 1.96. The number of rotatable bonds is 2. The zero-order valence-corrected chi connectivity index (χ0v) is 8.21. The third kappa shape index (κ3) is 2.30. The van der Waals surface area contributed by atoms with E-state index >= 15 is 0 Å². The fourth-order valence-corrected chi connectivity index (χ4v) is 1.13. The molecule has 0 aliphatic carbocycles. The molecule has 0 aliphatic rings. The molecule has 0 fully saturated rings. The van der Waals surface area contributed by atoms with Gasteiger partial charge in [-0.25, -0.2) is 13.6 Å². The van der Waals surface area contributed by atoms with Crippen molar-refractivity contribution in [2.24, 2.45) is 0 Å². The summed E-state index contributed by atoms with van der Waals surface area (Å²) in [5, 5.41) is 18.0. The van der Waals surface area contributed by atoms with E-state index in [1.807, 2.05) is 0 Å². The number of hydrogen-bond donors (Lipinski definition) is 2. The SMILES string of the molecule is CC(C)(O)c1cc(F)c(C(=O)O)c(F)c1. The van der Waals surface area contributed by atoms with Gasteiger partial charge in [0.25, 0.3) is 0 Å². The quantitative estimate of drug-likeness (QED) is 0.793. The van der Waals surface area contributed by atoms with Crippen LogP contribution in [0.2, 0.25) is 0 Å². The monoisotopic (exact) mass is 216 g/mol. The summed E-state index contributed by atoms with van der Waals surface area (Å²) in [6, 6.07) is 1.62. The topological polar surface area (TPSA) is 57.5 Å². The number of halogens is 2. The van der Waals surface area contributed by atoms with Crippen molar-refractivity contribution >= 4 is 5.97 Å². The fraction of sp³-hybridized carbons (Fsp3) is 0.300. The number of aliphatic hydroxyl groups is 1. The van der Waals surface area contributed by atoms with Gasteiger partial charge in [-0.1, -0.05) is 0 Å². The summed E-state index contributed by atoms with van der Waals surface area (Å²) in [5.41, 5.74) is -2.44. The number of carbonyl (C=O) groups is 1. The van der Waals surface area contributed by atoms with Gasteiger partial charge in [0.2, 0.25) is 0 Å². The van der Waals surface area contributed by atoms with Crippen LogP contribution in [0.4, 0.5) is 8.78 Å². The highest BCUT2D eigenvalue weighted by Crippen LogP contribution is 2.24. The van der Waals surface area contributed by atoms with Gasteiger partial charge in [-0.2, -0.15) is 0 Å². The summed E-state index contributed by atoms with van der Waals surface area (Å²) in [4.78, 5) is 10.5. The Morgan fingerprint density at radius 1 is 1.27 bits per heavy atom. The molecule has 0 radical (unpaired) electrons. The Morgan fingerprint density at radius 2 is 1.67 bits per heavy atom. The van der Waals surface area contributed by atoms with Gasteiger partial charge in [-0.05, 0) is 31.5 Å². The number of benzene rings is 1. The van der Waals surface area contributed by atoms with Crippen LogP contribution in [0.25, 0.3) is 0 Å². The predicted molar refractivity (Wildman–Crippen MR) is 48.6 cm³/mol. The van der Waals surface area contributed by atoms with Crippen molar-refractivity contribution in [2.45, 2.75) is 19.4 Å². The summed E-state index contributed by atoms with van der Waals surface area (Å²) in [6.45, 7) is 2.70. The van der Waals surface area contributed by atoms with E-state index in [0.717, 1.165) is 12.1 Å². The largest absolute Gasteiger partial charge is 0.477 e. The zero-order chi connectivity index (χ0) is 11.8. The lowest BCUT2D eigenvalue weighted by atomic mass is 9.96. The summed E-state index contributed by atoms with van der Waals surface area (Å²) in [6.07, 6.45) is 0. The minimum absolute atomic E-state index is 0.0116. The van der Waals surface area contributed by atoms with Crippen molar-refractivity contribution in [2.75, 3.05) is 0 Å². The van der Waals surface area contributed by atoms with E-state index in [-0.39, 0.29) is 5.56 Å². The van der Waals surface area contributed by atoms with Crippen LogP contribution in [0.3, 0.4) is 0 Å². The van der Waals surface area contributed by atoms with Crippen molar-refractivity contribution < 1.29 is 23.8 Å². The van der Waals surface area contributed by atoms with Crippen LogP contribution in [0, 0.1) is 11.6 Å². The summed E-state index contributed by atoms with van der Waals surface area (Å²) in [5.74, 6) is -4.06. The maximum atomic E-state index is 13.2. The van der Waals surface area contributed by atoms with E-state index < -0.39 is 28.8 Å². The van der Waals surface area contributed by atoms with E-state index in [1.54, 1.807) is 0 Å². The molecule has 5 heteroatoms. The first-order chi connectivity index (χ1) is 6.73. The standard InChI is InChI=1S/C10H10F2O3/c1-10(2,15)5-3-6(11)8(9(13)14)7(12)4-5/h3-4,15H,1-2H3,(H,13,14). The molecule has 15 heavy (non-hydrogen) atoms. The van der Waals surface area contributed by atoms with E-state index in [0.29, 0.717) is 0 Å². The predicted octanol–water partition coefficient (Wildman–Crippen LogP) is 1.89. The van der Waals surface area contributed by atoms with Crippen molar-refractivity contribution in [3.63, 3.8) is 0 Å². The van der Waals surface area contributed by atoms with Crippen LogP contribution in [0.15, 0.2) is 12.1 Å². The van der Waals surface area contributed by atoms with E-state index in [1.165, 1.54) is 13.8 Å². The Labute approximate surface area is 85.0 Å². The Bertz CT molecular complexity index is 385. The van der Waals surface area contributed by atoms with Crippen molar-refractivity contribution in [1.82, 2.24) is 0 Å². The number of carboxylic acid groups (broad SMARTS) is 1. The van der Waals surface area contributed by atoms with Crippen LogP contribution in [0.1, 0.15) is 29.8 Å². The second kappa shape index (κ2) is 3.58. The van der Waals surface area contributed by atoms with E-state index in [2.05, 4.69) is 0 Å². The first kappa shape index (κ1) is 11.6. The molecule has 0 heterocycles.